The molecule has 0 aliphatic heterocycles. The van der Waals surface area contributed by atoms with Crippen molar-refractivity contribution in [3.8, 4) is 0 Å². The Bertz CT molecular complexity index is 100. The molecule has 0 bridgehead atoms. The van der Waals surface area contributed by atoms with E-state index in [0.29, 0.717) is 6.54 Å². The van der Waals surface area contributed by atoms with Gasteiger partial charge in [-0.1, -0.05) is 25.7 Å². The third kappa shape index (κ3) is 2.17. The average molecular weight is 157 g/mol. The summed E-state index contributed by atoms with van der Waals surface area (Å²) in [5.41, 5.74) is 5.74. The van der Waals surface area contributed by atoms with Gasteiger partial charge in [-0.05, 0) is 12.8 Å². The number of hydrogen-bond acceptors (Lipinski definition) is 2. The molecule has 0 atom stereocenters. The second-order valence-corrected chi connectivity index (χ2v) is 3.78. The topological polar surface area (TPSA) is 46.2 Å². The maximum atomic E-state index is 9.19. The van der Waals surface area contributed by atoms with E-state index in [1.54, 1.807) is 0 Å². The highest BCUT2D eigenvalue weighted by Crippen LogP contribution is 2.33. The van der Waals surface area contributed by atoms with Crippen LogP contribution in [0.1, 0.15) is 38.5 Å². The summed E-state index contributed by atoms with van der Waals surface area (Å²) in [7, 11) is 0. The summed E-state index contributed by atoms with van der Waals surface area (Å²) in [4.78, 5) is 0. The van der Waals surface area contributed by atoms with E-state index in [-0.39, 0.29) is 12.0 Å². The monoisotopic (exact) mass is 157 g/mol. The van der Waals surface area contributed by atoms with E-state index in [4.69, 9.17) is 5.73 Å². The molecule has 1 aliphatic rings. The quantitative estimate of drug-likeness (QED) is 0.593. The maximum absolute atomic E-state index is 9.19. The molecule has 66 valence electrons. The van der Waals surface area contributed by atoms with E-state index in [2.05, 4.69) is 0 Å². The molecule has 1 rings (SSSR count). The van der Waals surface area contributed by atoms with Crippen molar-refractivity contribution < 1.29 is 5.11 Å². The highest BCUT2D eigenvalue weighted by atomic mass is 16.3. The summed E-state index contributed by atoms with van der Waals surface area (Å²) >= 11 is 0. The van der Waals surface area contributed by atoms with Crippen LogP contribution >= 0.6 is 0 Å². The zero-order chi connectivity index (χ0) is 8.16. The summed E-state index contributed by atoms with van der Waals surface area (Å²) in [6.45, 7) is 0.938. The first-order chi connectivity index (χ1) is 5.33. The Morgan fingerprint density at radius 3 is 2.00 bits per heavy atom. The molecule has 0 saturated heterocycles. The molecular weight excluding hydrogens is 138 g/mol. The van der Waals surface area contributed by atoms with Crippen molar-refractivity contribution in [2.75, 3.05) is 13.2 Å². The molecule has 0 aromatic rings. The van der Waals surface area contributed by atoms with Crippen LogP contribution in [-0.4, -0.2) is 18.3 Å². The van der Waals surface area contributed by atoms with Crippen LogP contribution in [0.2, 0.25) is 0 Å². The molecule has 1 fully saturated rings. The number of rotatable bonds is 2. The minimum absolute atomic E-state index is 0.0799. The van der Waals surface area contributed by atoms with Gasteiger partial charge in [-0.25, -0.2) is 0 Å². The average Bonchev–Trinajstić information content (AvgIpc) is 2.30. The standard InChI is InChI=1S/C9H19NO/c10-7-9(8-11)5-3-1-2-4-6-9/h11H,1-8,10H2. The van der Waals surface area contributed by atoms with Gasteiger partial charge in [0.1, 0.15) is 0 Å². The van der Waals surface area contributed by atoms with Gasteiger partial charge in [0.2, 0.25) is 0 Å². The second-order valence-electron chi connectivity index (χ2n) is 3.78. The number of hydrogen-bond donors (Lipinski definition) is 2. The van der Waals surface area contributed by atoms with Crippen molar-refractivity contribution in [2.45, 2.75) is 38.5 Å². The first-order valence-corrected chi connectivity index (χ1v) is 4.64. The first kappa shape index (κ1) is 9.01. The molecule has 2 heteroatoms. The van der Waals surface area contributed by atoms with Crippen LogP contribution in [0.25, 0.3) is 0 Å². The highest BCUT2D eigenvalue weighted by molar-refractivity contribution is 4.81. The van der Waals surface area contributed by atoms with Gasteiger partial charge in [-0.2, -0.15) is 0 Å². The summed E-state index contributed by atoms with van der Waals surface area (Å²) in [5, 5.41) is 9.19. The minimum atomic E-state index is 0.0799. The van der Waals surface area contributed by atoms with E-state index < -0.39 is 0 Å². The molecular formula is C9H19NO. The lowest BCUT2D eigenvalue weighted by molar-refractivity contribution is 0.115. The molecule has 0 radical (unpaired) electrons. The first-order valence-electron chi connectivity index (χ1n) is 4.64. The SMILES string of the molecule is NCC1(CO)CCCCCC1. The van der Waals surface area contributed by atoms with Crippen LogP contribution < -0.4 is 5.73 Å². The molecule has 2 nitrogen and oxygen atoms in total. The van der Waals surface area contributed by atoms with Gasteiger partial charge in [0.15, 0.2) is 0 Å². The molecule has 0 amide bonds. The van der Waals surface area contributed by atoms with Crippen LogP contribution in [-0.2, 0) is 0 Å². The predicted octanol–water partition coefficient (Wildman–Crippen LogP) is 1.28. The summed E-state index contributed by atoms with van der Waals surface area (Å²) in [6.07, 6.45) is 7.39. The van der Waals surface area contributed by atoms with Gasteiger partial charge < -0.3 is 10.8 Å². The van der Waals surface area contributed by atoms with Crippen LogP contribution in [0.4, 0.5) is 0 Å². The van der Waals surface area contributed by atoms with Crippen molar-refractivity contribution in [3.63, 3.8) is 0 Å². The van der Waals surface area contributed by atoms with Crippen molar-refractivity contribution in [2.24, 2.45) is 11.1 Å². The molecule has 0 unspecified atom stereocenters. The molecule has 1 aliphatic carbocycles. The summed E-state index contributed by atoms with van der Waals surface area (Å²) in [5.74, 6) is 0. The van der Waals surface area contributed by atoms with E-state index >= 15 is 0 Å². The predicted molar refractivity (Wildman–Crippen MR) is 46.3 cm³/mol. The minimum Gasteiger partial charge on any atom is -0.396 e. The fourth-order valence-corrected chi connectivity index (χ4v) is 1.91. The van der Waals surface area contributed by atoms with Crippen LogP contribution in [0.15, 0.2) is 0 Å². The maximum Gasteiger partial charge on any atom is 0.0499 e. The van der Waals surface area contributed by atoms with Gasteiger partial charge in [0.25, 0.3) is 0 Å². The Morgan fingerprint density at radius 2 is 1.64 bits per heavy atom. The van der Waals surface area contributed by atoms with E-state index in [1.807, 2.05) is 0 Å². The number of aliphatic hydroxyl groups excluding tert-OH is 1. The van der Waals surface area contributed by atoms with Crippen LogP contribution in [0, 0.1) is 5.41 Å². The molecule has 0 spiro atoms. The molecule has 0 heterocycles. The van der Waals surface area contributed by atoms with Crippen molar-refractivity contribution in [1.29, 1.82) is 0 Å². The fraction of sp³-hybridized carbons (Fsp3) is 1.00. The summed E-state index contributed by atoms with van der Waals surface area (Å²) < 4.78 is 0. The van der Waals surface area contributed by atoms with Gasteiger partial charge in [-0.3, -0.25) is 0 Å². The highest BCUT2D eigenvalue weighted by Gasteiger charge is 2.28. The van der Waals surface area contributed by atoms with Crippen molar-refractivity contribution in [1.82, 2.24) is 0 Å². The van der Waals surface area contributed by atoms with Gasteiger partial charge in [-0.15, -0.1) is 0 Å². The van der Waals surface area contributed by atoms with Crippen LogP contribution in [0.5, 0.6) is 0 Å². The lowest BCUT2D eigenvalue weighted by Crippen LogP contribution is -2.33. The van der Waals surface area contributed by atoms with Crippen molar-refractivity contribution >= 4 is 0 Å². The Hall–Kier alpha value is -0.0800. The van der Waals surface area contributed by atoms with E-state index in [9.17, 15) is 5.11 Å². The van der Waals surface area contributed by atoms with Gasteiger partial charge >= 0.3 is 0 Å². The third-order valence-corrected chi connectivity index (χ3v) is 2.93. The Kier molecular flexibility index (Phi) is 3.34. The second kappa shape index (κ2) is 4.07. The zero-order valence-corrected chi connectivity index (χ0v) is 7.18. The van der Waals surface area contributed by atoms with Crippen LogP contribution in [0.3, 0.4) is 0 Å². The Balaban J connectivity index is 2.49. The smallest absolute Gasteiger partial charge is 0.0499 e. The number of nitrogens with two attached hydrogens (primary N) is 1. The molecule has 0 aromatic carbocycles. The van der Waals surface area contributed by atoms with Gasteiger partial charge in [0, 0.05) is 18.6 Å². The Labute approximate surface area is 68.8 Å². The molecule has 11 heavy (non-hydrogen) atoms. The number of aliphatic hydroxyl groups is 1. The fourth-order valence-electron chi connectivity index (χ4n) is 1.91. The Morgan fingerprint density at radius 1 is 1.09 bits per heavy atom. The molecule has 0 aromatic heterocycles. The molecule has 3 N–H and O–H groups in total. The lowest BCUT2D eigenvalue weighted by atomic mass is 9.81. The van der Waals surface area contributed by atoms with E-state index in [1.165, 1.54) is 25.7 Å². The van der Waals surface area contributed by atoms with Gasteiger partial charge in [0.05, 0.1) is 0 Å². The van der Waals surface area contributed by atoms with Crippen molar-refractivity contribution in [3.05, 3.63) is 0 Å². The lowest BCUT2D eigenvalue weighted by Gasteiger charge is -2.28. The normalized spacial score (nSPS) is 24.5. The molecule has 1 saturated carbocycles. The zero-order valence-electron chi connectivity index (χ0n) is 7.18. The largest absolute Gasteiger partial charge is 0.396 e. The van der Waals surface area contributed by atoms with E-state index in [0.717, 1.165) is 12.8 Å². The summed E-state index contributed by atoms with van der Waals surface area (Å²) in [6, 6.07) is 0. The third-order valence-electron chi connectivity index (χ3n) is 2.93.